The Balaban J connectivity index is 1.51. The van der Waals surface area contributed by atoms with E-state index in [0.717, 1.165) is 60.7 Å². The largest absolute Gasteiger partial charge is 0.489 e. The molecule has 9 nitrogen and oxygen atoms in total. The summed E-state index contributed by atoms with van der Waals surface area (Å²) in [5, 5.41) is 10.8. The second-order valence-corrected chi connectivity index (χ2v) is 12.3. The van der Waals surface area contributed by atoms with Gasteiger partial charge in [0.1, 0.15) is 18.4 Å². The summed E-state index contributed by atoms with van der Waals surface area (Å²) < 4.78 is 13.7. The first-order valence-electron chi connectivity index (χ1n) is 15.4. The minimum absolute atomic E-state index is 0.0631. The number of carbonyl (C=O) groups is 3. The van der Waals surface area contributed by atoms with Crippen LogP contribution in [-0.4, -0.2) is 76.8 Å². The van der Waals surface area contributed by atoms with Gasteiger partial charge < -0.3 is 28.9 Å². The second kappa shape index (κ2) is 13.1. The number of likely N-dealkylation sites (N-methyl/N-ethyl adjacent to an activating group) is 1. The number of carbonyl (C=O) groups excluding carboxylic acids is 2. The van der Waals surface area contributed by atoms with Crippen LogP contribution in [-0.2, 0) is 16.1 Å². The summed E-state index contributed by atoms with van der Waals surface area (Å²) in [4.78, 5) is 40.7. The molecular weight excluding hydrogens is 546 g/mol. The summed E-state index contributed by atoms with van der Waals surface area (Å²) in [5.41, 5.74) is 4.08. The SMILES string of the molecule is CC(C)OC(=O)N1CCCC(Oc2ccc(-c3c(C4CCCCC4)c4ccc(C(=O)O)cc4n3CC(=O)N(C)C)cc2)C1. The molecule has 0 spiro atoms. The van der Waals surface area contributed by atoms with E-state index < -0.39 is 5.97 Å². The predicted molar refractivity (Wildman–Crippen MR) is 166 cm³/mol. The molecule has 9 heteroatoms. The van der Waals surface area contributed by atoms with Gasteiger partial charge in [-0.3, -0.25) is 4.79 Å². The molecule has 1 saturated carbocycles. The smallest absolute Gasteiger partial charge is 0.410 e. The van der Waals surface area contributed by atoms with E-state index >= 15 is 0 Å². The first-order chi connectivity index (χ1) is 20.6. The molecule has 1 aliphatic carbocycles. The fourth-order valence-corrected chi connectivity index (χ4v) is 6.43. The van der Waals surface area contributed by atoms with Crippen LogP contribution in [0.25, 0.3) is 22.2 Å². The van der Waals surface area contributed by atoms with Crippen molar-refractivity contribution < 1.29 is 29.0 Å². The van der Waals surface area contributed by atoms with E-state index in [1.807, 2.05) is 48.7 Å². The number of rotatable bonds is 8. The number of piperidine rings is 1. The molecule has 1 aliphatic heterocycles. The summed E-state index contributed by atoms with van der Waals surface area (Å²) in [5.74, 6) is -0.0129. The van der Waals surface area contributed by atoms with E-state index in [4.69, 9.17) is 9.47 Å². The Bertz CT molecular complexity index is 1470. The molecule has 2 aliphatic rings. The summed E-state index contributed by atoms with van der Waals surface area (Å²) in [7, 11) is 3.47. The Hall–Kier alpha value is -4.01. The zero-order valence-electron chi connectivity index (χ0n) is 25.7. The van der Waals surface area contributed by atoms with E-state index in [9.17, 15) is 19.5 Å². The molecule has 2 fully saturated rings. The lowest BCUT2D eigenvalue weighted by Gasteiger charge is -2.32. The highest BCUT2D eigenvalue weighted by Gasteiger charge is 2.29. The average molecular weight is 590 g/mol. The average Bonchev–Trinajstić information content (AvgIpc) is 3.30. The van der Waals surface area contributed by atoms with Crippen molar-refractivity contribution in [1.29, 1.82) is 0 Å². The summed E-state index contributed by atoms with van der Waals surface area (Å²) in [6, 6.07) is 13.2. The third kappa shape index (κ3) is 6.81. The number of carboxylic acid groups (broad SMARTS) is 1. The third-order valence-corrected chi connectivity index (χ3v) is 8.56. The molecule has 5 rings (SSSR count). The van der Waals surface area contributed by atoms with Crippen LogP contribution in [0.15, 0.2) is 42.5 Å². The van der Waals surface area contributed by atoms with E-state index in [1.165, 1.54) is 12.0 Å². The first kappa shape index (κ1) is 30.4. The maximum absolute atomic E-state index is 13.1. The fourth-order valence-electron chi connectivity index (χ4n) is 6.43. The van der Waals surface area contributed by atoms with Crippen molar-refractivity contribution in [3.05, 3.63) is 53.6 Å². The number of hydrogen-bond acceptors (Lipinski definition) is 5. The Morgan fingerprint density at radius 3 is 2.35 bits per heavy atom. The maximum atomic E-state index is 13.1. The van der Waals surface area contributed by atoms with Gasteiger partial charge in [-0.2, -0.15) is 0 Å². The van der Waals surface area contributed by atoms with E-state index in [0.29, 0.717) is 24.8 Å². The number of hydrogen-bond donors (Lipinski definition) is 1. The molecule has 0 radical (unpaired) electrons. The third-order valence-electron chi connectivity index (χ3n) is 8.56. The fraction of sp³-hybridized carbons (Fsp3) is 0.500. The van der Waals surface area contributed by atoms with Gasteiger partial charge in [-0.25, -0.2) is 9.59 Å². The number of carboxylic acids is 1. The topological polar surface area (TPSA) is 101 Å². The highest BCUT2D eigenvalue weighted by atomic mass is 16.6. The molecule has 1 aromatic heterocycles. The van der Waals surface area contributed by atoms with Crippen molar-refractivity contribution in [2.45, 2.75) is 83.5 Å². The van der Waals surface area contributed by atoms with Gasteiger partial charge in [0, 0.05) is 26.0 Å². The zero-order valence-corrected chi connectivity index (χ0v) is 25.7. The molecule has 0 bridgehead atoms. The summed E-state index contributed by atoms with van der Waals surface area (Å²) >= 11 is 0. The van der Waals surface area contributed by atoms with Crippen LogP contribution in [0.2, 0.25) is 0 Å². The van der Waals surface area contributed by atoms with Crippen molar-refractivity contribution >= 4 is 28.9 Å². The lowest BCUT2D eigenvalue weighted by molar-refractivity contribution is -0.129. The quantitative estimate of drug-likeness (QED) is 0.321. The van der Waals surface area contributed by atoms with Crippen LogP contribution >= 0.6 is 0 Å². The molecule has 3 aromatic rings. The molecular formula is C34H43N3O6. The Morgan fingerprint density at radius 2 is 1.70 bits per heavy atom. The summed E-state index contributed by atoms with van der Waals surface area (Å²) in [6.45, 7) is 4.94. The minimum atomic E-state index is -0.991. The molecule has 1 N–H and O–H groups in total. The molecule has 43 heavy (non-hydrogen) atoms. The molecule has 2 aromatic carbocycles. The normalized spacial score (nSPS) is 17.7. The van der Waals surface area contributed by atoms with Crippen LogP contribution in [0.4, 0.5) is 4.79 Å². The minimum Gasteiger partial charge on any atom is -0.489 e. The molecule has 2 heterocycles. The van der Waals surface area contributed by atoms with Gasteiger partial charge >= 0.3 is 12.1 Å². The lowest BCUT2D eigenvalue weighted by atomic mass is 9.81. The molecule has 230 valence electrons. The Kier molecular flexibility index (Phi) is 9.28. The van der Waals surface area contributed by atoms with Crippen LogP contribution in [0.3, 0.4) is 0 Å². The van der Waals surface area contributed by atoms with Gasteiger partial charge in [-0.15, -0.1) is 0 Å². The van der Waals surface area contributed by atoms with Gasteiger partial charge in [0.05, 0.1) is 29.4 Å². The van der Waals surface area contributed by atoms with Crippen molar-refractivity contribution in [2.75, 3.05) is 27.2 Å². The molecule has 1 atom stereocenters. The Morgan fingerprint density at radius 1 is 0.977 bits per heavy atom. The van der Waals surface area contributed by atoms with Crippen LogP contribution in [0, 0.1) is 0 Å². The maximum Gasteiger partial charge on any atom is 0.410 e. The van der Waals surface area contributed by atoms with Crippen LogP contribution < -0.4 is 4.74 Å². The van der Waals surface area contributed by atoms with Crippen molar-refractivity contribution in [3.63, 3.8) is 0 Å². The monoisotopic (exact) mass is 589 g/mol. The number of aromatic nitrogens is 1. The van der Waals surface area contributed by atoms with Gasteiger partial charge in [0.25, 0.3) is 0 Å². The number of fused-ring (bicyclic) bond motifs is 1. The van der Waals surface area contributed by atoms with Gasteiger partial charge in [-0.1, -0.05) is 25.3 Å². The number of amides is 2. The van der Waals surface area contributed by atoms with Crippen molar-refractivity contribution in [1.82, 2.24) is 14.4 Å². The highest BCUT2D eigenvalue weighted by Crippen LogP contribution is 2.44. The number of nitrogens with zero attached hydrogens (tertiary/aromatic N) is 3. The van der Waals surface area contributed by atoms with E-state index in [-0.39, 0.29) is 36.3 Å². The first-order valence-corrected chi connectivity index (χ1v) is 15.4. The number of likely N-dealkylation sites (tertiary alicyclic amines) is 1. The van der Waals surface area contributed by atoms with E-state index in [1.54, 1.807) is 36.0 Å². The second-order valence-electron chi connectivity index (χ2n) is 12.3. The predicted octanol–water partition coefficient (Wildman–Crippen LogP) is 6.53. The Labute approximate surface area is 253 Å². The van der Waals surface area contributed by atoms with Crippen LogP contribution in [0.5, 0.6) is 5.75 Å². The highest BCUT2D eigenvalue weighted by molar-refractivity contribution is 5.99. The summed E-state index contributed by atoms with van der Waals surface area (Å²) in [6.07, 6.45) is 6.74. The number of ether oxygens (including phenoxy) is 2. The van der Waals surface area contributed by atoms with Crippen molar-refractivity contribution in [2.24, 2.45) is 0 Å². The number of aromatic carboxylic acids is 1. The zero-order chi connectivity index (χ0) is 30.7. The molecule has 1 unspecified atom stereocenters. The van der Waals surface area contributed by atoms with Gasteiger partial charge in [0.15, 0.2) is 0 Å². The number of benzene rings is 2. The van der Waals surface area contributed by atoms with Gasteiger partial charge in [0.2, 0.25) is 5.91 Å². The lowest BCUT2D eigenvalue weighted by Crippen LogP contribution is -2.45. The van der Waals surface area contributed by atoms with E-state index in [2.05, 4.69) is 0 Å². The van der Waals surface area contributed by atoms with Crippen LogP contribution in [0.1, 0.15) is 80.6 Å². The van der Waals surface area contributed by atoms with Gasteiger partial charge in [-0.05, 0) is 93.0 Å². The standard InChI is InChI=1S/C34H43N3O6/c1-22(2)42-34(41)36-18-8-11-27(20-36)43-26-15-12-24(13-16-26)32-31(23-9-6-5-7-10-23)28-17-14-25(33(39)40)19-29(28)37(32)21-30(38)35(3)4/h12-17,19,22-23,27H,5-11,18,20-21H2,1-4H3,(H,39,40). The molecule has 2 amide bonds. The van der Waals surface area contributed by atoms with Crippen molar-refractivity contribution in [3.8, 4) is 17.0 Å². The molecule has 1 saturated heterocycles.